The maximum absolute atomic E-state index is 12.0. The standard InChI is InChI=1S/C13H17N3O3S/c17-11-14-5-6-16(11)12(18)15-8-13(19,9-3-4-9)10-2-1-7-20-10/h1-2,7,9,19H,3-6,8H2,(H,14,17)(H,15,18)/t13-/m1/s1. The van der Waals surface area contributed by atoms with Gasteiger partial charge in [0, 0.05) is 18.0 Å². The lowest BCUT2D eigenvalue weighted by Crippen LogP contribution is -2.48. The normalized spacial score (nSPS) is 21.4. The highest BCUT2D eigenvalue weighted by molar-refractivity contribution is 7.10. The van der Waals surface area contributed by atoms with Gasteiger partial charge in [-0.05, 0) is 30.2 Å². The molecule has 2 fully saturated rings. The van der Waals surface area contributed by atoms with Crippen molar-refractivity contribution in [3.63, 3.8) is 0 Å². The van der Waals surface area contributed by atoms with Gasteiger partial charge in [0.1, 0.15) is 5.60 Å². The number of aliphatic hydroxyl groups is 1. The average molecular weight is 295 g/mol. The Hall–Kier alpha value is -1.60. The Kier molecular flexibility index (Phi) is 3.39. The number of amides is 4. The van der Waals surface area contributed by atoms with Gasteiger partial charge in [-0.3, -0.25) is 0 Å². The number of nitrogens with one attached hydrogen (secondary N) is 2. The van der Waals surface area contributed by atoms with Crippen LogP contribution in [0.4, 0.5) is 9.59 Å². The summed E-state index contributed by atoms with van der Waals surface area (Å²) < 4.78 is 0. The molecule has 0 unspecified atom stereocenters. The van der Waals surface area contributed by atoms with Crippen LogP contribution in [0.1, 0.15) is 17.7 Å². The van der Waals surface area contributed by atoms with E-state index in [0.717, 1.165) is 22.6 Å². The lowest BCUT2D eigenvalue weighted by atomic mass is 9.96. The van der Waals surface area contributed by atoms with E-state index >= 15 is 0 Å². The second kappa shape index (κ2) is 5.06. The van der Waals surface area contributed by atoms with Crippen LogP contribution >= 0.6 is 11.3 Å². The predicted octanol–water partition coefficient (Wildman–Crippen LogP) is 1.08. The van der Waals surface area contributed by atoms with Crippen LogP contribution in [-0.4, -0.2) is 41.7 Å². The van der Waals surface area contributed by atoms with Crippen molar-refractivity contribution in [1.82, 2.24) is 15.5 Å². The highest BCUT2D eigenvalue weighted by atomic mass is 32.1. The van der Waals surface area contributed by atoms with E-state index in [-0.39, 0.29) is 18.5 Å². The third-order valence-electron chi connectivity index (χ3n) is 3.81. The van der Waals surface area contributed by atoms with Crippen LogP contribution in [0.15, 0.2) is 17.5 Å². The van der Waals surface area contributed by atoms with Crippen LogP contribution < -0.4 is 10.6 Å². The average Bonchev–Trinajstić information content (AvgIpc) is 2.98. The monoisotopic (exact) mass is 295 g/mol. The van der Waals surface area contributed by atoms with Gasteiger partial charge in [0.05, 0.1) is 6.54 Å². The van der Waals surface area contributed by atoms with Gasteiger partial charge in [-0.1, -0.05) is 6.07 Å². The first-order valence-electron chi connectivity index (χ1n) is 6.71. The van der Waals surface area contributed by atoms with E-state index in [1.165, 1.54) is 11.3 Å². The number of nitrogens with zero attached hydrogens (tertiary/aromatic N) is 1. The zero-order chi connectivity index (χ0) is 14.2. The van der Waals surface area contributed by atoms with E-state index in [9.17, 15) is 14.7 Å². The number of carbonyl (C=O) groups excluding carboxylic acids is 2. The fourth-order valence-electron chi connectivity index (χ4n) is 2.49. The molecule has 1 saturated heterocycles. The van der Waals surface area contributed by atoms with Crippen LogP contribution in [-0.2, 0) is 5.60 Å². The van der Waals surface area contributed by atoms with Crippen molar-refractivity contribution >= 4 is 23.4 Å². The molecule has 1 aromatic rings. The number of hydrogen-bond acceptors (Lipinski definition) is 4. The summed E-state index contributed by atoms with van der Waals surface area (Å²) in [7, 11) is 0. The zero-order valence-electron chi connectivity index (χ0n) is 11.0. The van der Waals surface area contributed by atoms with Crippen molar-refractivity contribution in [1.29, 1.82) is 0 Å². The highest BCUT2D eigenvalue weighted by Crippen LogP contribution is 2.46. The first kappa shape index (κ1) is 13.4. The molecule has 0 bridgehead atoms. The number of hydrogen-bond donors (Lipinski definition) is 3. The molecule has 0 aromatic carbocycles. The molecule has 6 nitrogen and oxygen atoms in total. The lowest BCUT2D eigenvalue weighted by Gasteiger charge is -2.28. The minimum atomic E-state index is -1.01. The lowest BCUT2D eigenvalue weighted by molar-refractivity contribution is 0.0188. The minimum absolute atomic E-state index is 0.140. The molecule has 1 saturated carbocycles. The summed E-state index contributed by atoms with van der Waals surface area (Å²) >= 11 is 1.49. The molecule has 2 heterocycles. The molecule has 1 aromatic heterocycles. The molecule has 108 valence electrons. The summed E-state index contributed by atoms with van der Waals surface area (Å²) in [5.74, 6) is 0.189. The summed E-state index contributed by atoms with van der Waals surface area (Å²) in [5, 5.41) is 18.0. The smallest absolute Gasteiger partial charge is 0.325 e. The number of imide groups is 1. The first-order valence-corrected chi connectivity index (χ1v) is 7.59. The third-order valence-corrected chi connectivity index (χ3v) is 4.85. The van der Waals surface area contributed by atoms with Gasteiger partial charge in [-0.15, -0.1) is 11.3 Å². The van der Waals surface area contributed by atoms with Crippen LogP contribution in [0.3, 0.4) is 0 Å². The quantitative estimate of drug-likeness (QED) is 0.777. The Bertz CT molecular complexity index is 515. The van der Waals surface area contributed by atoms with Crippen molar-refractivity contribution < 1.29 is 14.7 Å². The van der Waals surface area contributed by atoms with Crippen LogP contribution in [0.2, 0.25) is 0 Å². The maximum atomic E-state index is 12.0. The molecule has 7 heteroatoms. The maximum Gasteiger partial charge on any atom is 0.325 e. The second-order valence-corrected chi connectivity index (χ2v) is 6.17. The molecule has 1 atom stereocenters. The minimum Gasteiger partial charge on any atom is -0.382 e. The van der Waals surface area contributed by atoms with Gasteiger partial charge in [0.2, 0.25) is 0 Å². The summed E-state index contributed by atoms with van der Waals surface area (Å²) in [6.07, 6.45) is 1.93. The van der Waals surface area contributed by atoms with Crippen LogP contribution in [0.25, 0.3) is 0 Å². The van der Waals surface area contributed by atoms with Crippen molar-refractivity contribution in [2.45, 2.75) is 18.4 Å². The van der Waals surface area contributed by atoms with Crippen LogP contribution in [0, 0.1) is 5.92 Å². The summed E-state index contributed by atoms with van der Waals surface area (Å²) in [5.41, 5.74) is -1.01. The molecule has 20 heavy (non-hydrogen) atoms. The molecule has 1 aliphatic heterocycles. The number of carbonyl (C=O) groups is 2. The van der Waals surface area contributed by atoms with Crippen molar-refractivity contribution in [2.75, 3.05) is 19.6 Å². The van der Waals surface area contributed by atoms with E-state index < -0.39 is 11.6 Å². The largest absolute Gasteiger partial charge is 0.382 e. The van der Waals surface area contributed by atoms with E-state index in [2.05, 4.69) is 10.6 Å². The fraction of sp³-hybridized carbons (Fsp3) is 0.538. The van der Waals surface area contributed by atoms with E-state index in [4.69, 9.17) is 0 Å². The first-order chi connectivity index (χ1) is 9.61. The summed E-state index contributed by atoms with van der Waals surface area (Å²) in [6.45, 7) is 0.983. The molecule has 4 amide bonds. The number of urea groups is 2. The molecule has 3 N–H and O–H groups in total. The highest BCUT2D eigenvalue weighted by Gasteiger charge is 2.46. The molecule has 3 rings (SSSR count). The van der Waals surface area contributed by atoms with Gasteiger partial charge >= 0.3 is 12.1 Å². The summed E-state index contributed by atoms with van der Waals surface area (Å²) in [6, 6.07) is 2.95. The Morgan fingerprint density at radius 1 is 1.60 bits per heavy atom. The summed E-state index contributed by atoms with van der Waals surface area (Å²) in [4.78, 5) is 25.4. The van der Waals surface area contributed by atoms with Gasteiger partial charge in [0.15, 0.2) is 0 Å². The van der Waals surface area contributed by atoms with Crippen molar-refractivity contribution in [3.8, 4) is 0 Å². The van der Waals surface area contributed by atoms with Gasteiger partial charge in [0.25, 0.3) is 0 Å². The molecular weight excluding hydrogens is 278 g/mol. The van der Waals surface area contributed by atoms with Crippen LogP contribution in [0.5, 0.6) is 0 Å². The second-order valence-electron chi connectivity index (χ2n) is 5.22. The molecule has 1 aliphatic carbocycles. The molecule has 2 aliphatic rings. The molecular formula is C13H17N3O3S. The Balaban J connectivity index is 1.66. The van der Waals surface area contributed by atoms with Crippen molar-refractivity contribution in [2.24, 2.45) is 5.92 Å². The third kappa shape index (κ3) is 2.38. The van der Waals surface area contributed by atoms with Gasteiger partial charge in [-0.25, -0.2) is 14.5 Å². The van der Waals surface area contributed by atoms with Gasteiger partial charge in [-0.2, -0.15) is 0 Å². The Morgan fingerprint density at radius 3 is 2.95 bits per heavy atom. The number of thiophene rings is 1. The Morgan fingerprint density at radius 2 is 2.40 bits per heavy atom. The molecule has 0 radical (unpaired) electrons. The van der Waals surface area contributed by atoms with E-state index in [1.54, 1.807) is 0 Å². The predicted molar refractivity (Wildman–Crippen MR) is 74.4 cm³/mol. The molecule has 0 spiro atoms. The van der Waals surface area contributed by atoms with Gasteiger partial charge < -0.3 is 15.7 Å². The SMILES string of the molecule is O=C1NCCN1C(=O)NC[C@](O)(c1cccs1)C1CC1. The Labute approximate surface area is 120 Å². The zero-order valence-corrected chi connectivity index (χ0v) is 11.8. The topological polar surface area (TPSA) is 81.7 Å². The van der Waals surface area contributed by atoms with Crippen molar-refractivity contribution in [3.05, 3.63) is 22.4 Å². The van der Waals surface area contributed by atoms with E-state index in [0.29, 0.717) is 13.1 Å². The van der Waals surface area contributed by atoms with E-state index in [1.807, 2.05) is 17.5 Å². The fourth-order valence-corrected chi connectivity index (χ4v) is 3.39. The number of rotatable bonds is 4.